The van der Waals surface area contributed by atoms with E-state index in [2.05, 4.69) is 31.2 Å². The lowest BCUT2D eigenvalue weighted by Crippen LogP contribution is -2.41. The molecule has 1 aliphatic heterocycles. The maximum absolute atomic E-state index is 12.9. The molecule has 0 saturated carbocycles. The first-order chi connectivity index (χ1) is 15.0. The van der Waals surface area contributed by atoms with Gasteiger partial charge in [-0.2, -0.15) is 0 Å². The van der Waals surface area contributed by atoms with Crippen molar-refractivity contribution in [2.24, 2.45) is 0 Å². The molecule has 0 radical (unpaired) electrons. The highest BCUT2D eigenvalue weighted by Gasteiger charge is 2.24. The fraction of sp³-hybridized carbons (Fsp3) is 0.286. The van der Waals surface area contributed by atoms with E-state index >= 15 is 0 Å². The van der Waals surface area contributed by atoms with Gasteiger partial charge in [0.05, 0.1) is 29.9 Å². The summed E-state index contributed by atoms with van der Waals surface area (Å²) in [4.78, 5) is 34.4. The first-order valence-corrected chi connectivity index (χ1v) is 10.8. The van der Waals surface area contributed by atoms with Gasteiger partial charge in [-0.05, 0) is 52.3 Å². The molecule has 31 heavy (non-hydrogen) atoms. The van der Waals surface area contributed by atoms with E-state index in [1.165, 1.54) is 0 Å². The summed E-state index contributed by atoms with van der Waals surface area (Å²) >= 11 is 9.53. The molecule has 2 heterocycles. The average molecular weight is 508 g/mol. The molecular weight excluding hydrogens is 488 g/mol. The van der Waals surface area contributed by atoms with E-state index in [1.54, 1.807) is 42.3 Å². The molecule has 0 bridgehead atoms. The largest absolute Gasteiger partial charge is 0.382 e. The zero-order chi connectivity index (χ0) is 22.0. The van der Waals surface area contributed by atoms with Crippen molar-refractivity contribution in [1.29, 1.82) is 0 Å². The predicted molar refractivity (Wildman–Crippen MR) is 121 cm³/mol. The van der Waals surface area contributed by atoms with Crippen molar-refractivity contribution in [3.63, 3.8) is 0 Å². The van der Waals surface area contributed by atoms with Crippen LogP contribution in [-0.4, -0.2) is 55.3 Å². The number of nitrogens with one attached hydrogen (secondary N) is 2. The number of methoxy groups -OCH3 is 1. The number of ether oxygens (including phenoxy) is 2. The lowest BCUT2D eigenvalue weighted by atomic mass is 10.1. The molecule has 2 N–H and O–H groups in total. The maximum Gasteiger partial charge on any atom is 0.253 e. The van der Waals surface area contributed by atoms with E-state index in [0.717, 1.165) is 11.0 Å². The molecule has 1 aromatic heterocycles. The summed E-state index contributed by atoms with van der Waals surface area (Å²) in [5.41, 5.74) is 2.67. The van der Waals surface area contributed by atoms with Gasteiger partial charge < -0.3 is 24.7 Å². The monoisotopic (exact) mass is 506 g/mol. The molecule has 1 atom stereocenters. The van der Waals surface area contributed by atoms with Gasteiger partial charge in [-0.15, -0.1) is 0 Å². The van der Waals surface area contributed by atoms with Crippen LogP contribution in [0.2, 0.25) is 5.02 Å². The smallest absolute Gasteiger partial charge is 0.253 e. The van der Waals surface area contributed by atoms with Crippen molar-refractivity contribution in [2.75, 3.05) is 38.4 Å². The second kappa shape index (κ2) is 9.35. The van der Waals surface area contributed by atoms with E-state index in [9.17, 15) is 9.59 Å². The number of carbonyl (C=O) groups excluding carboxylic acids is 2. The van der Waals surface area contributed by atoms with Gasteiger partial charge in [0.1, 0.15) is 18.5 Å². The second-order valence-corrected chi connectivity index (χ2v) is 8.32. The molecule has 1 unspecified atom stereocenters. The number of anilines is 1. The predicted octanol–water partition coefficient (Wildman–Crippen LogP) is 3.46. The lowest BCUT2D eigenvalue weighted by Gasteiger charge is -2.28. The van der Waals surface area contributed by atoms with Crippen LogP contribution in [-0.2, 0) is 14.3 Å². The number of fused-ring (bicyclic) bond motifs is 1. The number of H-pyrrole nitrogens is 1. The van der Waals surface area contributed by atoms with E-state index in [1.807, 2.05) is 6.07 Å². The van der Waals surface area contributed by atoms with Crippen LogP contribution in [0.5, 0.6) is 0 Å². The molecule has 1 saturated heterocycles. The van der Waals surface area contributed by atoms with Crippen LogP contribution in [0.3, 0.4) is 0 Å². The van der Waals surface area contributed by atoms with Crippen LogP contribution in [0, 0.1) is 0 Å². The Hall–Kier alpha value is -2.46. The zero-order valence-electron chi connectivity index (χ0n) is 16.7. The Bertz CT molecular complexity index is 1140. The number of halogens is 2. The Morgan fingerprint density at radius 3 is 2.97 bits per heavy atom. The third-order valence-electron chi connectivity index (χ3n) is 4.92. The number of aromatic nitrogens is 2. The van der Waals surface area contributed by atoms with Gasteiger partial charge in [-0.1, -0.05) is 11.6 Å². The van der Waals surface area contributed by atoms with Crippen molar-refractivity contribution in [3.8, 4) is 0 Å². The Labute approximate surface area is 192 Å². The number of morpholine rings is 1. The van der Waals surface area contributed by atoms with Crippen molar-refractivity contribution in [1.82, 2.24) is 15.3 Å². The van der Waals surface area contributed by atoms with Crippen LogP contribution >= 0.6 is 27.5 Å². The molecule has 1 aliphatic rings. The number of hydrogen-bond donors (Lipinski definition) is 2. The Morgan fingerprint density at radius 2 is 2.23 bits per heavy atom. The summed E-state index contributed by atoms with van der Waals surface area (Å²) in [6, 6.07) is 9.99. The molecule has 3 aromatic rings. The summed E-state index contributed by atoms with van der Waals surface area (Å²) in [6.45, 7) is 1.23. The van der Waals surface area contributed by atoms with Gasteiger partial charge in [-0.3, -0.25) is 9.59 Å². The summed E-state index contributed by atoms with van der Waals surface area (Å²) in [5, 5.41) is 3.55. The van der Waals surface area contributed by atoms with Crippen molar-refractivity contribution >= 4 is 56.1 Å². The number of benzene rings is 2. The minimum atomic E-state index is -0.483. The van der Waals surface area contributed by atoms with E-state index in [0.29, 0.717) is 39.7 Å². The summed E-state index contributed by atoms with van der Waals surface area (Å²) in [6.07, 6.45) is 0. The first kappa shape index (κ1) is 21.8. The SMILES string of the molecule is COCC(NC(=O)c1ccc(N2CCOCC2=O)c(Br)c1)c1nc2ccc(Cl)cc2[nH]1. The third-order valence-corrected chi connectivity index (χ3v) is 5.79. The van der Waals surface area contributed by atoms with Gasteiger partial charge in [0.25, 0.3) is 11.8 Å². The third kappa shape index (κ3) is 4.74. The van der Waals surface area contributed by atoms with Crippen LogP contribution in [0.25, 0.3) is 11.0 Å². The Morgan fingerprint density at radius 1 is 1.39 bits per heavy atom. The van der Waals surface area contributed by atoms with Gasteiger partial charge in [-0.25, -0.2) is 4.98 Å². The number of amides is 2. The summed E-state index contributed by atoms with van der Waals surface area (Å²) < 4.78 is 11.1. The molecule has 2 aromatic carbocycles. The highest BCUT2D eigenvalue weighted by Crippen LogP contribution is 2.29. The fourth-order valence-electron chi connectivity index (χ4n) is 3.40. The number of imidazole rings is 1. The molecule has 8 nitrogen and oxygen atoms in total. The minimum absolute atomic E-state index is 0.0517. The van der Waals surface area contributed by atoms with Crippen LogP contribution in [0.15, 0.2) is 40.9 Å². The molecular formula is C21H20BrClN4O4. The summed E-state index contributed by atoms with van der Waals surface area (Å²) in [5.74, 6) is 0.164. The topological polar surface area (TPSA) is 96.6 Å². The van der Waals surface area contributed by atoms with Crippen molar-refractivity contribution < 1.29 is 19.1 Å². The van der Waals surface area contributed by atoms with Gasteiger partial charge in [0.15, 0.2) is 0 Å². The zero-order valence-corrected chi connectivity index (χ0v) is 19.0. The number of hydrogen-bond acceptors (Lipinski definition) is 5. The van der Waals surface area contributed by atoms with E-state index in [-0.39, 0.29) is 25.0 Å². The number of nitrogens with zero attached hydrogens (tertiary/aromatic N) is 2. The maximum atomic E-state index is 12.9. The van der Waals surface area contributed by atoms with Crippen molar-refractivity contribution in [2.45, 2.75) is 6.04 Å². The molecule has 0 aliphatic carbocycles. The van der Waals surface area contributed by atoms with Gasteiger partial charge >= 0.3 is 0 Å². The lowest BCUT2D eigenvalue weighted by molar-refractivity contribution is -0.125. The molecule has 162 valence electrons. The van der Waals surface area contributed by atoms with Crippen LogP contribution in [0.1, 0.15) is 22.2 Å². The molecule has 0 spiro atoms. The van der Waals surface area contributed by atoms with Gasteiger partial charge in [0.2, 0.25) is 0 Å². The van der Waals surface area contributed by atoms with E-state index in [4.69, 9.17) is 21.1 Å². The van der Waals surface area contributed by atoms with Crippen LogP contribution < -0.4 is 10.2 Å². The van der Waals surface area contributed by atoms with Crippen LogP contribution in [0.4, 0.5) is 5.69 Å². The number of aromatic amines is 1. The standard InChI is InChI=1S/C21H20BrClN4O4/c1-30-10-17(20-24-15-4-3-13(23)9-16(15)25-20)26-21(29)12-2-5-18(14(22)8-12)27-6-7-31-11-19(27)28/h2-5,8-9,17H,6-7,10-11H2,1H3,(H,24,25)(H,26,29). The number of rotatable bonds is 6. The molecule has 4 rings (SSSR count). The molecule has 10 heteroatoms. The summed E-state index contributed by atoms with van der Waals surface area (Å²) in [7, 11) is 1.56. The second-order valence-electron chi connectivity index (χ2n) is 7.03. The average Bonchev–Trinajstić information content (AvgIpc) is 3.17. The first-order valence-electron chi connectivity index (χ1n) is 9.59. The minimum Gasteiger partial charge on any atom is -0.382 e. The van der Waals surface area contributed by atoms with E-state index < -0.39 is 6.04 Å². The highest BCUT2D eigenvalue weighted by molar-refractivity contribution is 9.10. The highest BCUT2D eigenvalue weighted by atomic mass is 79.9. The normalized spacial score (nSPS) is 15.3. The van der Waals surface area contributed by atoms with Crippen molar-refractivity contribution in [3.05, 3.63) is 57.3 Å². The Kier molecular flexibility index (Phi) is 6.57. The molecule has 1 fully saturated rings. The quantitative estimate of drug-likeness (QED) is 0.533. The number of carbonyl (C=O) groups is 2. The fourth-order valence-corrected chi connectivity index (χ4v) is 4.17. The van der Waals surface area contributed by atoms with Gasteiger partial charge in [0, 0.05) is 28.7 Å². The Balaban J connectivity index is 1.54. The molecule has 2 amide bonds.